The van der Waals surface area contributed by atoms with E-state index >= 15 is 0 Å². The van der Waals surface area contributed by atoms with Gasteiger partial charge in [-0.2, -0.15) is 4.98 Å². The molecular formula is C5H5N5O. The molecule has 56 valence electrons. The van der Waals surface area contributed by atoms with Crippen molar-refractivity contribution in [2.75, 3.05) is 5.73 Å². The average molecular weight is 151 g/mol. The van der Waals surface area contributed by atoms with Gasteiger partial charge in [0, 0.05) is 0 Å². The summed E-state index contributed by atoms with van der Waals surface area (Å²) in [5.74, 6) is 0.708. The van der Waals surface area contributed by atoms with E-state index in [0.717, 1.165) is 0 Å². The van der Waals surface area contributed by atoms with Gasteiger partial charge in [-0.15, -0.1) is 5.10 Å². The Morgan fingerprint density at radius 1 is 1.55 bits per heavy atom. The molecule has 2 aromatic heterocycles. The van der Waals surface area contributed by atoms with Gasteiger partial charge in [-0.3, -0.25) is 5.10 Å². The Labute approximate surface area is 61.5 Å². The minimum atomic E-state index is 0.197. The van der Waals surface area contributed by atoms with Crippen molar-refractivity contribution in [3.05, 3.63) is 12.7 Å². The Morgan fingerprint density at radius 3 is 3.00 bits per heavy atom. The molecule has 0 radical (unpaired) electrons. The Kier molecular flexibility index (Phi) is 1.12. The summed E-state index contributed by atoms with van der Waals surface area (Å²) in [6.45, 7) is 0. The molecule has 3 N–H and O–H groups in total. The van der Waals surface area contributed by atoms with Gasteiger partial charge in [0.05, 0.1) is 0 Å². The molecule has 0 aliphatic heterocycles. The molecular weight excluding hydrogens is 146 g/mol. The second kappa shape index (κ2) is 2.08. The Balaban J connectivity index is 2.45. The maximum absolute atomic E-state index is 5.27. The number of nitrogens with zero attached hydrogens (tertiary/aromatic N) is 3. The number of aromatic nitrogens is 4. The van der Waals surface area contributed by atoms with Crippen molar-refractivity contribution in [1.29, 1.82) is 0 Å². The van der Waals surface area contributed by atoms with Gasteiger partial charge in [0.1, 0.15) is 12.0 Å². The number of nitrogens with one attached hydrogen (secondary N) is 1. The van der Waals surface area contributed by atoms with Gasteiger partial charge in [-0.1, -0.05) is 0 Å². The first-order valence-corrected chi connectivity index (χ1v) is 2.92. The molecule has 0 saturated heterocycles. The number of nitrogens with two attached hydrogens (primary N) is 1. The fraction of sp³-hybridized carbons (Fsp3) is 0. The molecule has 2 rings (SSSR count). The predicted molar refractivity (Wildman–Crippen MR) is 36.3 cm³/mol. The number of nitrogen functional groups attached to an aromatic ring is 1. The summed E-state index contributed by atoms with van der Waals surface area (Å²) >= 11 is 0. The number of anilines is 1. The lowest BCUT2D eigenvalue weighted by Gasteiger charge is -1.81. The van der Waals surface area contributed by atoms with Gasteiger partial charge in [0.15, 0.2) is 12.2 Å². The molecule has 6 heteroatoms. The average Bonchev–Trinajstić information content (AvgIpc) is 2.55. The minimum absolute atomic E-state index is 0.197. The van der Waals surface area contributed by atoms with Crippen molar-refractivity contribution in [2.45, 2.75) is 0 Å². The van der Waals surface area contributed by atoms with Crippen LogP contribution >= 0.6 is 0 Å². The standard InChI is InChI=1S/C5H5N5O/c6-5-8-4(9-10-5)3-1-11-2-7-3/h1-2H,(H3,6,8,9,10). The zero-order valence-corrected chi connectivity index (χ0v) is 5.48. The first-order chi connectivity index (χ1) is 5.36. The van der Waals surface area contributed by atoms with Crippen LogP contribution in [0.3, 0.4) is 0 Å². The number of aromatic amines is 1. The lowest BCUT2D eigenvalue weighted by molar-refractivity contribution is 0.558. The number of rotatable bonds is 1. The maximum Gasteiger partial charge on any atom is 0.239 e. The largest absolute Gasteiger partial charge is 0.451 e. The van der Waals surface area contributed by atoms with E-state index in [1.165, 1.54) is 12.7 Å². The molecule has 0 saturated carbocycles. The highest BCUT2D eigenvalue weighted by molar-refractivity contribution is 5.47. The molecule has 2 aromatic rings. The van der Waals surface area contributed by atoms with Gasteiger partial charge in [-0.25, -0.2) is 4.98 Å². The highest BCUT2D eigenvalue weighted by Gasteiger charge is 2.04. The van der Waals surface area contributed by atoms with E-state index in [4.69, 9.17) is 10.2 Å². The lowest BCUT2D eigenvalue weighted by atomic mass is 10.5. The number of hydrogen-bond acceptors (Lipinski definition) is 5. The summed E-state index contributed by atoms with van der Waals surface area (Å²) in [4.78, 5) is 7.69. The second-order valence-corrected chi connectivity index (χ2v) is 1.92. The van der Waals surface area contributed by atoms with E-state index in [1.807, 2.05) is 0 Å². The SMILES string of the molecule is Nc1n[nH]c(-c2cocn2)n1. The molecule has 6 nitrogen and oxygen atoms in total. The van der Waals surface area contributed by atoms with E-state index in [9.17, 15) is 0 Å². The van der Waals surface area contributed by atoms with Crippen molar-refractivity contribution in [3.63, 3.8) is 0 Å². The quantitative estimate of drug-likeness (QED) is 0.600. The van der Waals surface area contributed by atoms with Gasteiger partial charge in [0.25, 0.3) is 0 Å². The third kappa shape index (κ3) is 0.936. The Hall–Kier alpha value is -1.85. The minimum Gasteiger partial charge on any atom is -0.451 e. The third-order valence-corrected chi connectivity index (χ3v) is 1.18. The van der Waals surface area contributed by atoms with Crippen LogP contribution in [0.1, 0.15) is 0 Å². The van der Waals surface area contributed by atoms with E-state index in [-0.39, 0.29) is 5.95 Å². The fourth-order valence-electron chi connectivity index (χ4n) is 0.719. The van der Waals surface area contributed by atoms with Crippen LogP contribution in [0.15, 0.2) is 17.1 Å². The smallest absolute Gasteiger partial charge is 0.239 e. The molecule has 0 bridgehead atoms. The van der Waals surface area contributed by atoms with Gasteiger partial charge in [-0.05, 0) is 0 Å². The van der Waals surface area contributed by atoms with Crippen molar-refractivity contribution >= 4 is 5.95 Å². The summed E-state index contributed by atoms with van der Waals surface area (Å²) < 4.78 is 4.74. The molecule has 0 aliphatic carbocycles. The molecule has 0 aromatic carbocycles. The molecule has 0 unspecified atom stereocenters. The summed E-state index contributed by atoms with van der Waals surface area (Å²) in [5, 5.41) is 6.23. The highest BCUT2D eigenvalue weighted by atomic mass is 16.3. The zero-order chi connectivity index (χ0) is 7.68. The molecule has 0 atom stereocenters. The summed E-state index contributed by atoms with van der Waals surface area (Å²) in [6, 6.07) is 0. The second-order valence-electron chi connectivity index (χ2n) is 1.92. The van der Waals surface area contributed by atoms with Crippen LogP contribution < -0.4 is 5.73 Å². The van der Waals surface area contributed by atoms with Crippen LogP contribution in [0.4, 0.5) is 5.95 Å². The predicted octanol–water partition coefficient (Wildman–Crippen LogP) is 0.0419. The van der Waals surface area contributed by atoms with Crippen LogP contribution in [0.2, 0.25) is 0 Å². The van der Waals surface area contributed by atoms with Crippen LogP contribution in [-0.4, -0.2) is 20.2 Å². The molecule has 0 aliphatic rings. The summed E-state index contributed by atoms with van der Waals surface area (Å²) in [6.07, 6.45) is 2.77. The van der Waals surface area contributed by atoms with Crippen molar-refractivity contribution < 1.29 is 4.42 Å². The molecule has 11 heavy (non-hydrogen) atoms. The highest BCUT2D eigenvalue weighted by Crippen LogP contribution is 2.10. The lowest BCUT2D eigenvalue weighted by Crippen LogP contribution is -1.85. The van der Waals surface area contributed by atoms with Crippen LogP contribution in [0.25, 0.3) is 11.5 Å². The Bertz CT molecular complexity index is 337. The first-order valence-electron chi connectivity index (χ1n) is 2.92. The summed E-state index contributed by atoms with van der Waals surface area (Å²) in [7, 11) is 0. The van der Waals surface area contributed by atoms with Gasteiger partial charge >= 0.3 is 0 Å². The fourth-order valence-corrected chi connectivity index (χ4v) is 0.719. The van der Waals surface area contributed by atoms with E-state index in [2.05, 4.69) is 20.2 Å². The monoisotopic (exact) mass is 151 g/mol. The number of oxazole rings is 1. The van der Waals surface area contributed by atoms with Crippen molar-refractivity contribution in [1.82, 2.24) is 20.2 Å². The molecule has 0 spiro atoms. The Morgan fingerprint density at radius 2 is 2.45 bits per heavy atom. The van der Waals surface area contributed by atoms with Crippen LogP contribution in [0.5, 0.6) is 0 Å². The van der Waals surface area contributed by atoms with E-state index in [0.29, 0.717) is 11.5 Å². The summed E-state index contributed by atoms with van der Waals surface area (Å²) in [5.41, 5.74) is 5.86. The normalized spacial score (nSPS) is 10.2. The molecule has 0 fully saturated rings. The third-order valence-electron chi connectivity index (χ3n) is 1.18. The molecule has 0 amide bonds. The number of H-pyrrole nitrogens is 1. The van der Waals surface area contributed by atoms with Crippen LogP contribution in [0, 0.1) is 0 Å². The number of hydrogen-bond donors (Lipinski definition) is 2. The maximum atomic E-state index is 5.27. The van der Waals surface area contributed by atoms with Gasteiger partial charge in [0.2, 0.25) is 5.95 Å². The van der Waals surface area contributed by atoms with Crippen LogP contribution in [-0.2, 0) is 0 Å². The van der Waals surface area contributed by atoms with E-state index < -0.39 is 0 Å². The van der Waals surface area contributed by atoms with Gasteiger partial charge < -0.3 is 10.2 Å². The topological polar surface area (TPSA) is 93.6 Å². The van der Waals surface area contributed by atoms with Crippen molar-refractivity contribution in [2.24, 2.45) is 0 Å². The molecule has 2 heterocycles. The zero-order valence-electron chi connectivity index (χ0n) is 5.48. The van der Waals surface area contributed by atoms with E-state index in [1.54, 1.807) is 0 Å². The first kappa shape index (κ1) is 5.90. The van der Waals surface area contributed by atoms with Crippen molar-refractivity contribution in [3.8, 4) is 11.5 Å².